The largest absolute Gasteiger partial charge is 1.00 e. The first-order valence-electron chi connectivity index (χ1n) is 6.41. The SMILES string of the molecule is C[NH+]1CCCCC1.C[NH+]1CCCCC1.[I-].[I-]. The van der Waals surface area contributed by atoms with Crippen LogP contribution in [0.2, 0.25) is 0 Å². The molecule has 2 nitrogen and oxygen atoms in total. The second kappa shape index (κ2) is 12.8. The Kier molecular flexibility index (Phi) is 15.8. The van der Waals surface area contributed by atoms with Gasteiger partial charge in [-0.15, -0.1) is 0 Å². The third-order valence-electron chi connectivity index (χ3n) is 3.41. The molecule has 0 aliphatic carbocycles. The molecule has 0 bridgehead atoms. The Morgan fingerprint density at radius 1 is 0.500 bits per heavy atom. The van der Waals surface area contributed by atoms with Gasteiger partial charge in [0.25, 0.3) is 0 Å². The first-order valence-corrected chi connectivity index (χ1v) is 6.41. The van der Waals surface area contributed by atoms with Gasteiger partial charge in [0.15, 0.2) is 0 Å². The Balaban J connectivity index is 0. The number of hydrogen-bond donors (Lipinski definition) is 2. The molecule has 100 valence electrons. The van der Waals surface area contributed by atoms with Gasteiger partial charge in [0.1, 0.15) is 0 Å². The average molecular weight is 454 g/mol. The molecule has 0 aromatic carbocycles. The molecule has 0 saturated carbocycles. The number of piperidine rings is 2. The molecular formula is C12H28I2N2. The van der Waals surface area contributed by atoms with E-state index in [4.69, 9.17) is 0 Å². The highest BCUT2D eigenvalue weighted by molar-refractivity contribution is 4.43. The van der Waals surface area contributed by atoms with Crippen molar-refractivity contribution in [2.24, 2.45) is 0 Å². The summed E-state index contributed by atoms with van der Waals surface area (Å²) in [7, 11) is 4.55. The summed E-state index contributed by atoms with van der Waals surface area (Å²) in [4.78, 5) is 3.43. The fourth-order valence-corrected chi connectivity index (χ4v) is 2.31. The summed E-state index contributed by atoms with van der Waals surface area (Å²) >= 11 is 0. The van der Waals surface area contributed by atoms with Crippen molar-refractivity contribution in [3.05, 3.63) is 0 Å². The topological polar surface area (TPSA) is 8.88 Å². The molecule has 0 unspecified atom stereocenters. The van der Waals surface area contributed by atoms with Crippen molar-refractivity contribution >= 4 is 0 Å². The van der Waals surface area contributed by atoms with Gasteiger partial charge in [-0.1, -0.05) is 0 Å². The highest BCUT2D eigenvalue weighted by atomic mass is 127. The van der Waals surface area contributed by atoms with Crippen molar-refractivity contribution in [2.45, 2.75) is 38.5 Å². The quantitative estimate of drug-likeness (QED) is 0.337. The standard InChI is InChI=1S/2C6H13N.2HI/c2*1-7-5-3-2-4-6-7;;/h2*2-6H2,1H3;2*1H. The molecule has 2 N–H and O–H groups in total. The third kappa shape index (κ3) is 10.5. The van der Waals surface area contributed by atoms with E-state index >= 15 is 0 Å². The minimum absolute atomic E-state index is 0. The maximum Gasteiger partial charge on any atom is 0.0768 e. The maximum absolute atomic E-state index is 2.28. The summed E-state index contributed by atoms with van der Waals surface area (Å²) in [5.74, 6) is 0. The van der Waals surface area contributed by atoms with Crippen molar-refractivity contribution in [2.75, 3.05) is 40.3 Å². The van der Waals surface area contributed by atoms with Crippen molar-refractivity contribution < 1.29 is 57.8 Å². The van der Waals surface area contributed by atoms with E-state index in [-0.39, 0.29) is 48.0 Å². The number of quaternary nitrogens is 2. The summed E-state index contributed by atoms with van der Waals surface area (Å²) in [6, 6.07) is 0. The van der Waals surface area contributed by atoms with Crippen LogP contribution in [0, 0.1) is 0 Å². The normalized spacial score (nSPS) is 22.1. The third-order valence-corrected chi connectivity index (χ3v) is 3.41. The van der Waals surface area contributed by atoms with Crippen LogP contribution in [-0.4, -0.2) is 40.3 Å². The van der Waals surface area contributed by atoms with E-state index in [2.05, 4.69) is 14.1 Å². The summed E-state index contributed by atoms with van der Waals surface area (Å²) in [6.07, 6.45) is 8.74. The number of nitrogens with one attached hydrogen (secondary N) is 2. The first-order chi connectivity index (χ1) is 6.79. The smallest absolute Gasteiger partial charge is 0.0768 e. The molecule has 0 spiro atoms. The zero-order valence-electron chi connectivity index (χ0n) is 10.8. The molecule has 0 aromatic heterocycles. The van der Waals surface area contributed by atoms with Crippen molar-refractivity contribution in [1.82, 2.24) is 0 Å². The number of likely N-dealkylation sites (tertiary alicyclic amines) is 2. The van der Waals surface area contributed by atoms with Crippen LogP contribution in [0.5, 0.6) is 0 Å². The Hall–Kier alpha value is 1.38. The summed E-state index contributed by atoms with van der Waals surface area (Å²) in [6.45, 7) is 5.61. The summed E-state index contributed by atoms with van der Waals surface area (Å²) in [5.41, 5.74) is 0. The average Bonchev–Trinajstić information content (AvgIpc) is 2.21. The molecule has 0 atom stereocenters. The van der Waals surface area contributed by atoms with Gasteiger partial charge in [0.2, 0.25) is 0 Å². The van der Waals surface area contributed by atoms with Gasteiger partial charge < -0.3 is 57.8 Å². The van der Waals surface area contributed by atoms with Crippen LogP contribution in [0.15, 0.2) is 0 Å². The van der Waals surface area contributed by atoms with E-state index in [0.717, 1.165) is 0 Å². The molecule has 2 aliphatic heterocycles. The highest BCUT2D eigenvalue weighted by Gasteiger charge is 2.06. The van der Waals surface area contributed by atoms with E-state index in [1.807, 2.05) is 0 Å². The van der Waals surface area contributed by atoms with Crippen molar-refractivity contribution in [3.8, 4) is 0 Å². The Morgan fingerprint density at radius 3 is 0.875 bits per heavy atom. The Labute approximate surface area is 136 Å². The minimum Gasteiger partial charge on any atom is -1.00 e. The molecule has 0 radical (unpaired) electrons. The predicted octanol–water partition coefficient (Wildman–Crippen LogP) is -6.62. The van der Waals surface area contributed by atoms with Gasteiger partial charge in [0, 0.05) is 0 Å². The van der Waals surface area contributed by atoms with Gasteiger partial charge in [-0.25, -0.2) is 0 Å². The molecule has 2 heterocycles. The minimum atomic E-state index is 0. The van der Waals surface area contributed by atoms with Crippen LogP contribution in [0.1, 0.15) is 38.5 Å². The van der Waals surface area contributed by atoms with Crippen LogP contribution >= 0.6 is 0 Å². The number of halogens is 2. The first kappa shape index (κ1) is 19.7. The zero-order valence-corrected chi connectivity index (χ0v) is 15.1. The second-order valence-electron chi connectivity index (χ2n) is 5.04. The molecule has 0 aromatic rings. The molecule has 2 fully saturated rings. The van der Waals surface area contributed by atoms with E-state index < -0.39 is 0 Å². The van der Waals surface area contributed by atoms with E-state index in [9.17, 15) is 0 Å². The fraction of sp³-hybridized carbons (Fsp3) is 1.00. The fourth-order valence-electron chi connectivity index (χ4n) is 2.31. The zero-order chi connectivity index (χ0) is 10.2. The van der Waals surface area contributed by atoms with Gasteiger partial charge in [-0.3, -0.25) is 0 Å². The highest BCUT2D eigenvalue weighted by Crippen LogP contribution is 1.93. The number of rotatable bonds is 0. The van der Waals surface area contributed by atoms with Gasteiger partial charge >= 0.3 is 0 Å². The number of hydrogen-bond acceptors (Lipinski definition) is 0. The summed E-state index contributed by atoms with van der Waals surface area (Å²) in [5, 5.41) is 0. The molecular weight excluding hydrogens is 426 g/mol. The van der Waals surface area contributed by atoms with E-state index in [0.29, 0.717) is 0 Å². The lowest BCUT2D eigenvalue weighted by Crippen LogP contribution is -3.09. The molecule has 0 amide bonds. The van der Waals surface area contributed by atoms with Gasteiger partial charge in [-0.05, 0) is 38.5 Å². The monoisotopic (exact) mass is 454 g/mol. The Bertz CT molecular complexity index is 117. The van der Waals surface area contributed by atoms with Crippen LogP contribution in [0.4, 0.5) is 0 Å². The summed E-state index contributed by atoms with van der Waals surface area (Å²) < 4.78 is 0. The molecule has 2 rings (SSSR count). The van der Waals surface area contributed by atoms with Crippen LogP contribution < -0.4 is 57.8 Å². The molecule has 2 saturated heterocycles. The molecule has 4 heteroatoms. The predicted molar refractivity (Wildman–Crippen MR) is 60.9 cm³/mol. The van der Waals surface area contributed by atoms with Gasteiger partial charge in [-0.2, -0.15) is 0 Å². The maximum atomic E-state index is 2.28. The van der Waals surface area contributed by atoms with Crippen LogP contribution in [0.3, 0.4) is 0 Å². The van der Waals surface area contributed by atoms with Crippen LogP contribution in [0.25, 0.3) is 0 Å². The molecule has 16 heavy (non-hydrogen) atoms. The lowest BCUT2D eigenvalue weighted by Gasteiger charge is -2.17. The Morgan fingerprint density at radius 2 is 0.750 bits per heavy atom. The van der Waals surface area contributed by atoms with E-state index in [1.54, 1.807) is 9.80 Å². The van der Waals surface area contributed by atoms with E-state index in [1.165, 1.54) is 64.7 Å². The lowest BCUT2D eigenvalue weighted by molar-refractivity contribution is -0.884. The lowest BCUT2D eigenvalue weighted by atomic mass is 10.1. The van der Waals surface area contributed by atoms with Crippen molar-refractivity contribution in [3.63, 3.8) is 0 Å². The second-order valence-corrected chi connectivity index (χ2v) is 5.04. The van der Waals surface area contributed by atoms with Gasteiger partial charge in [0.05, 0.1) is 40.3 Å². The molecule has 2 aliphatic rings. The van der Waals surface area contributed by atoms with Crippen LogP contribution in [-0.2, 0) is 0 Å². The van der Waals surface area contributed by atoms with Crippen molar-refractivity contribution in [1.29, 1.82) is 0 Å².